The van der Waals surface area contributed by atoms with Crippen LogP contribution in [0.25, 0.3) is 0 Å². The predicted molar refractivity (Wildman–Crippen MR) is 66.2 cm³/mol. The Morgan fingerprint density at radius 1 is 1.71 bits per heavy atom. The quantitative estimate of drug-likeness (QED) is 0.587. The van der Waals surface area contributed by atoms with E-state index in [4.69, 9.17) is 10.6 Å². The van der Waals surface area contributed by atoms with E-state index in [1.54, 1.807) is 0 Å². The highest BCUT2D eigenvalue weighted by atomic mass is 16.5. The lowest BCUT2D eigenvalue weighted by Crippen LogP contribution is -2.51. The summed E-state index contributed by atoms with van der Waals surface area (Å²) in [4.78, 5) is 4.32. The van der Waals surface area contributed by atoms with Gasteiger partial charge in [0.05, 0.1) is 11.6 Å². The summed E-state index contributed by atoms with van der Waals surface area (Å²) in [6.45, 7) is 2.99. The molecule has 0 amide bonds. The highest BCUT2D eigenvalue weighted by molar-refractivity contribution is 4.96. The van der Waals surface area contributed by atoms with E-state index in [2.05, 4.69) is 17.3 Å². The van der Waals surface area contributed by atoms with Crippen LogP contribution in [-0.4, -0.2) is 27.8 Å². The van der Waals surface area contributed by atoms with Crippen molar-refractivity contribution in [1.82, 2.24) is 15.0 Å². The Bertz CT molecular complexity index is 357. The van der Waals surface area contributed by atoms with Crippen LogP contribution in [0, 0.1) is 0 Å². The largest absolute Gasteiger partial charge is 0.374 e. The molecule has 1 aromatic heterocycles. The van der Waals surface area contributed by atoms with Crippen LogP contribution in [0.1, 0.15) is 32.0 Å². The normalized spacial score (nSPS) is 26.3. The lowest BCUT2D eigenvalue weighted by Gasteiger charge is -2.32. The van der Waals surface area contributed by atoms with E-state index in [9.17, 15) is 0 Å². The van der Waals surface area contributed by atoms with Crippen LogP contribution in [0.4, 0.5) is 0 Å². The first-order valence-corrected chi connectivity index (χ1v) is 6.22. The molecule has 17 heavy (non-hydrogen) atoms. The standard InChI is InChI=1S/C12H22N4O/c1-12(6-3-9-17-12)10(15-13)4-5-11-14-7-8-16(11)2/h7-8,10,15H,3-6,9,13H2,1-2H3. The molecule has 1 aromatic rings. The van der Waals surface area contributed by atoms with Gasteiger partial charge in [0.1, 0.15) is 5.82 Å². The molecule has 5 heteroatoms. The van der Waals surface area contributed by atoms with Gasteiger partial charge in [-0.2, -0.15) is 0 Å². The third-order valence-electron chi connectivity index (χ3n) is 3.77. The summed E-state index contributed by atoms with van der Waals surface area (Å²) in [5, 5.41) is 0. The third kappa shape index (κ3) is 2.68. The van der Waals surface area contributed by atoms with Crippen LogP contribution in [0.2, 0.25) is 0 Å². The monoisotopic (exact) mass is 238 g/mol. The number of aryl methyl sites for hydroxylation is 2. The van der Waals surface area contributed by atoms with E-state index in [0.717, 1.165) is 38.1 Å². The topological polar surface area (TPSA) is 65.1 Å². The highest BCUT2D eigenvalue weighted by Crippen LogP contribution is 2.30. The molecule has 1 aliphatic heterocycles. The maximum absolute atomic E-state index is 5.82. The van der Waals surface area contributed by atoms with E-state index in [0.29, 0.717) is 0 Å². The number of aromatic nitrogens is 2. The third-order valence-corrected chi connectivity index (χ3v) is 3.77. The van der Waals surface area contributed by atoms with E-state index < -0.39 is 0 Å². The number of rotatable bonds is 5. The summed E-state index contributed by atoms with van der Waals surface area (Å²) < 4.78 is 7.87. The molecule has 2 atom stereocenters. The average molecular weight is 238 g/mol. The summed E-state index contributed by atoms with van der Waals surface area (Å²) >= 11 is 0. The fourth-order valence-corrected chi connectivity index (χ4v) is 2.55. The van der Waals surface area contributed by atoms with Crippen molar-refractivity contribution in [3.8, 4) is 0 Å². The highest BCUT2D eigenvalue weighted by Gasteiger charge is 2.37. The molecule has 1 aliphatic rings. The van der Waals surface area contributed by atoms with Crippen molar-refractivity contribution in [3.05, 3.63) is 18.2 Å². The molecule has 0 bridgehead atoms. The van der Waals surface area contributed by atoms with Crippen LogP contribution in [0.3, 0.4) is 0 Å². The summed E-state index contributed by atoms with van der Waals surface area (Å²) in [5.41, 5.74) is 2.78. The van der Waals surface area contributed by atoms with E-state index in [1.165, 1.54) is 0 Å². The van der Waals surface area contributed by atoms with Gasteiger partial charge in [0, 0.05) is 32.5 Å². The molecular formula is C12H22N4O. The Kier molecular flexibility index (Phi) is 3.81. The van der Waals surface area contributed by atoms with Gasteiger partial charge in [-0.15, -0.1) is 0 Å². The molecule has 2 heterocycles. The minimum Gasteiger partial charge on any atom is -0.374 e. The minimum atomic E-state index is -0.125. The number of hydrogen-bond acceptors (Lipinski definition) is 4. The van der Waals surface area contributed by atoms with Crippen molar-refractivity contribution < 1.29 is 4.74 Å². The Morgan fingerprint density at radius 3 is 3.06 bits per heavy atom. The van der Waals surface area contributed by atoms with Crippen LogP contribution >= 0.6 is 0 Å². The fraction of sp³-hybridized carbons (Fsp3) is 0.750. The molecule has 3 N–H and O–H groups in total. The van der Waals surface area contributed by atoms with Gasteiger partial charge < -0.3 is 9.30 Å². The second-order valence-corrected chi connectivity index (χ2v) is 4.98. The summed E-state index contributed by atoms with van der Waals surface area (Å²) in [7, 11) is 2.01. The lowest BCUT2D eigenvalue weighted by molar-refractivity contribution is -0.0139. The van der Waals surface area contributed by atoms with Gasteiger partial charge in [-0.25, -0.2) is 4.98 Å². The van der Waals surface area contributed by atoms with Crippen LogP contribution in [0.5, 0.6) is 0 Å². The van der Waals surface area contributed by atoms with Crippen molar-refractivity contribution in [2.75, 3.05) is 6.61 Å². The van der Waals surface area contributed by atoms with Crippen molar-refractivity contribution in [2.24, 2.45) is 12.9 Å². The molecule has 0 aromatic carbocycles. The van der Waals surface area contributed by atoms with E-state index in [-0.39, 0.29) is 11.6 Å². The molecule has 2 unspecified atom stereocenters. The van der Waals surface area contributed by atoms with Gasteiger partial charge in [-0.1, -0.05) is 0 Å². The molecule has 2 rings (SSSR count). The molecule has 0 aliphatic carbocycles. The smallest absolute Gasteiger partial charge is 0.108 e. The van der Waals surface area contributed by atoms with Gasteiger partial charge in [0.25, 0.3) is 0 Å². The van der Waals surface area contributed by atoms with Crippen molar-refractivity contribution in [3.63, 3.8) is 0 Å². The van der Waals surface area contributed by atoms with Gasteiger partial charge in [0.2, 0.25) is 0 Å². The molecule has 1 saturated heterocycles. The number of nitrogens with two attached hydrogens (primary N) is 1. The van der Waals surface area contributed by atoms with Crippen LogP contribution in [-0.2, 0) is 18.2 Å². The first-order valence-electron chi connectivity index (χ1n) is 6.22. The first kappa shape index (κ1) is 12.5. The SMILES string of the molecule is Cn1ccnc1CCC(NN)C1(C)CCCO1. The maximum Gasteiger partial charge on any atom is 0.108 e. The Morgan fingerprint density at radius 2 is 2.53 bits per heavy atom. The lowest BCUT2D eigenvalue weighted by atomic mass is 9.90. The zero-order valence-electron chi connectivity index (χ0n) is 10.6. The van der Waals surface area contributed by atoms with Gasteiger partial charge >= 0.3 is 0 Å². The molecular weight excluding hydrogens is 216 g/mol. The Balaban J connectivity index is 1.94. The summed E-state index contributed by atoms with van der Waals surface area (Å²) in [6.07, 6.45) is 7.84. The van der Waals surface area contributed by atoms with Gasteiger partial charge in [0.15, 0.2) is 0 Å². The molecule has 0 saturated carbocycles. The number of ether oxygens (including phenoxy) is 1. The number of hydrogen-bond donors (Lipinski definition) is 2. The van der Waals surface area contributed by atoms with Crippen molar-refractivity contribution in [2.45, 2.75) is 44.2 Å². The van der Waals surface area contributed by atoms with Gasteiger partial charge in [-0.3, -0.25) is 11.3 Å². The molecule has 1 fully saturated rings. The van der Waals surface area contributed by atoms with Crippen molar-refractivity contribution in [1.29, 1.82) is 0 Å². The molecule has 0 spiro atoms. The number of imidazole rings is 1. The van der Waals surface area contributed by atoms with Crippen LogP contribution < -0.4 is 11.3 Å². The van der Waals surface area contributed by atoms with E-state index in [1.807, 2.05) is 24.0 Å². The second kappa shape index (κ2) is 5.16. The summed E-state index contributed by atoms with van der Waals surface area (Å²) in [5.74, 6) is 6.75. The fourth-order valence-electron chi connectivity index (χ4n) is 2.55. The zero-order valence-corrected chi connectivity index (χ0v) is 10.6. The van der Waals surface area contributed by atoms with Gasteiger partial charge in [-0.05, 0) is 26.2 Å². The molecule has 0 radical (unpaired) electrons. The molecule has 5 nitrogen and oxygen atoms in total. The predicted octanol–water partition coefficient (Wildman–Crippen LogP) is 0.754. The maximum atomic E-state index is 5.82. The number of hydrazine groups is 1. The first-order chi connectivity index (χ1) is 8.15. The molecule has 96 valence electrons. The van der Waals surface area contributed by atoms with E-state index >= 15 is 0 Å². The Hall–Kier alpha value is -0.910. The van der Waals surface area contributed by atoms with Crippen molar-refractivity contribution >= 4 is 0 Å². The minimum absolute atomic E-state index is 0.125. The summed E-state index contributed by atoms with van der Waals surface area (Å²) in [6, 6.07) is 0.182. The number of nitrogens with one attached hydrogen (secondary N) is 1. The van der Waals surface area contributed by atoms with Crippen LogP contribution in [0.15, 0.2) is 12.4 Å². The Labute approximate surface area is 102 Å². The second-order valence-electron chi connectivity index (χ2n) is 4.98. The zero-order chi connectivity index (χ0) is 12.3. The average Bonchev–Trinajstić information content (AvgIpc) is 2.90. The number of nitrogens with zero attached hydrogens (tertiary/aromatic N) is 2.